The van der Waals surface area contributed by atoms with Crippen molar-refractivity contribution in [3.05, 3.63) is 59.9 Å². The van der Waals surface area contributed by atoms with Crippen molar-refractivity contribution in [1.29, 1.82) is 0 Å². The third kappa shape index (κ3) is 5.31. The highest BCUT2D eigenvalue weighted by Crippen LogP contribution is 2.34. The first kappa shape index (κ1) is 21.1. The Hall–Kier alpha value is -3.16. The molecular formula is C23H24F3N5. The smallest absolute Gasteiger partial charge is 0.351 e. The van der Waals surface area contributed by atoms with Gasteiger partial charge in [0.2, 0.25) is 5.95 Å². The lowest BCUT2D eigenvalue weighted by Crippen LogP contribution is -2.23. The van der Waals surface area contributed by atoms with Gasteiger partial charge in [0.15, 0.2) is 0 Å². The Morgan fingerprint density at radius 3 is 2.39 bits per heavy atom. The standard InChI is InChI=1S/C23H24F3N5/c1-15-7-8-18(13-19(15)23(24,25)26)28-21-14-20(16-9-11-27-12-10-16)30-22(31-21)29-17-5-3-2-4-6-17/h7-14,17H,2-6H2,1H3,(H2,28,29,30,31). The predicted molar refractivity (Wildman–Crippen MR) is 115 cm³/mol. The SMILES string of the molecule is Cc1ccc(Nc2cc(-c3ccncc3)nc(NC3CCCCC3)n2)cc1C(F)(F)F. The highest BCUT2D eigenvalue weighted by Gasteiger charge is 2.32. The Balaban J connectivity index is 1.67. The molecule has 1 fully saturated rings. The fourth-order valence-corrected chi connectivity index (χ4v) is 3.83. The third-order valence-electron chi connectivity index (χ3n) is 5.46. The van der Waals surface area contributed by atoms with Crippen molar-refractivity contribution in [3.63, 3.8) is 0 Å². The van der Waals surface area contributed by atoms with Crippen LogP contribution in [0.15, 0.2) is 48.8 Å². The van der Waals surface area contributed by atoms with Crippen molar-refractivity contribution in [1.82, 2.24) is 15.0 Å². The number of hydrogen-bond donors (Lipinski definition) is 2. The molecule has 2 heterocycles. The molecule has 0 saturated heterocycles. The summed E-state index contributed by atoms with van der Waals surface area (Å²) in [6, 6.07) is 9.88. The van der Waals surface area contributed by atoms with E-state index in [1.54, 1.807) is 24.5 Å². The monoisotopic (exact) mass is 427 g/mol. The molecule has 0 radical (unpaired) electrons. The average Bonchev–Trinajstić information content (AvgIpc) is 2.75. The van der Waals surface area contributed by atoms with Crippen LogP contribution in [0.4, 0.5) is 30.6 Å². The molecule has 1 aliphatic carbocycles. The summed E-state index contributed by atoms with van der Waals surface area (Å²) in [6.07, 6.45) is 4.60. The number of nitrogens with one attached hydrogen (secondary N) is 2. The summed E-state index contributed by atoms with van der Waals surface area (Å²) in [7, 11) is 0. The quantitative estimate of drug-likeness (QED) is 0.496. The van der Waals surface area contributed by atoms with Gasteiger partial charge in [0.1, 0.15) is 5.82 Å². The van der Waals surface area contributed by atoms with Crippen LogP contribution < -0.4 is 10.6 Å². The molecule has 0 spiro atoms. The second kappa shape index (κ2) is 8.91. The molecule has 1 aromatic carbocycles. The molecule has 0 atom stereocenters. The minimum Gasteiger partial charge on any atom is -0.351 e. The fraction of sp³-hybridized carbons (Fsp3) is 0.348. The van der Waals surface area contributed by atoms with Gasteiger partial charge >= 0.3 is 6.18 Å². The highest BCUT2D eigenvalue weighted by molar-refractivity contribution is 5.67. The van der Waals surface area contributed by atoms with E-state index in [2.05, 4.69) is 25.6 Å². The van der Waals surface area contributed by atoms with Crippen LogP contribution in [0.3, 0.4) is 0 Å². The summed E-state index contributed by atoms with van der Waals surface area (Å²) in [5.41, 5.74) is 1.36. The van der Waals surface area contributed by atoms with Gasteiger partial charge < -0.3 is 10.6 Å². The van der Waals surface area contributed by atoms with E-state index >= 15 is 0 Å². The second-order valence-corrected chi connectivity index (χ2v) is 7.83. The molecule has 31 heavy (non-hydrogen) atoms. The van der Waals surface area contributed by atoms with Gasteiger partial charge in [-0.15, -0.1) is 0 Å². The number of anilines is 3. The van der Waals surface area contributed by atoms with Gasteiger partial charge in [-0.25, -0.2) is 4.98 Å². The molecule has 0 amide bonds. The minimum absolute atomic E-state index is 0.179. The number of nitrogens with zero attached hydrogens (tertiary/aromatic N) is 3. The van der Waals surface area contributed by atoms with Crippen LogP contribution in [-0.4, -0.2) is 21.0 Å². The van der Waals surface area contributed by atoms with Crippen LogP contribution in [0.2, 0.25) is 0 Å². The molecule has 1 saturated carbocycles. The number of halogens is 3. The maximum Gasteiger partial charge on any atom is 0.416 e. The lowest BCUT2D eigenvalue weighted by atomic mass is 9.96. The Labute approximate surface area is 179 Å². The van der Waals surface area contributed by atoms with Crippen LogP contribution in [-0.2, 0) is 6.18 Å². The third-order valence-corrected chi connectivity index (χ3v) is 5.46. The van der Waals surface area contributed by atoms with Crippen molar-refractivity contribution >= 4 is 17.5 Å². The van der Waals surface area contributed by atoms with Crippen molar-refractivity contribution < 1.29 is 13.2 Å². The highest BCUT2D eigenvalue weighted by atomic mass is 19.4. The van der Waals surface area contributed by atoms with E-state index in [1.165, 1.54) is 19.4 Å². The summed E-state index contributed by atoms with van der Waals surface area (Å²) in [5, 5.41) is 6.43. The van der Waals surface area contributed by atoms with Gasteiger partial charge in [-0.2, -0.15) is 18.2 Å². The largest absolute Gasteiger partial charge is 0.416 e. The Morgan fingerprint density at radius 1 is 0.935 bits per heavy atom. The van der Waals surface area contributed by atoms with E-state index in [0.717, 1.165) is 37.3 Å². The minimum atomic E-state index is -4.41. The van der Waals surface area contributed by atoms with Crippen LogP contribution in [0.25, 0.3) is 11.3 Å². The van der Waals surface area contributed by atoms with E-state index in [9.17, 15) is 13.2 Å². The topological polar surface area (TPSA) is 62.7 Å². The van der Waals surface area contributed by atoms with Crippen LogP contribution in [0.5, 0.6) is 0 Å². The maximum atomic E-state index is 13.3. The van der Waals surface area contributed by atoms with Crippen molar-refractivity contribution in [3.8, 4) is 11.3 Å². The zero-order valence-electron chi connectivity index (χ0n) is 17.2. The van der Waals surface area contributed by atoms with E-state index in [0.29, 0.717) is 29.2 Å². The summed E-state index contributed by atoms with van der Waals surface area (Å²) < 4.78 is 39.9. The zero-order chi connectivity index (χ0) is 21.8. The molecule has 8 heteroatoms. The first-order valence-electron chi connectivity index (χ1n) is 10.4. The van der Waals surface area contributed by atoms with Crippen LogP contribution in [0.1, 0.15) is 43.2 Å². The van der Waals surface area contributed by atoms with E-state index in [-0.39, 0.29) is 5.56 Å². The van der Waals surface area contributed by atoms with Crippen molar-refractivity contribution in [2.24, 2.45) is 0 Å². The average molecular weight is 427 g/mol. The van der Waals surface area contributed by atoms with Gasteiger partial charge in [-0.3, -0.25) is 4.98 Å². The Morgan fingerprint density at radius 2 is 1.68 bits per heavy atom. The number of rotatable bonds is 5. The zero-order valence-corrected chi connectivity index (χ0v) is 17.2. The number of aryl methyl sites for hydroxylation is 1. The Bertz CT molecular complexity index is 1030. The molecule has 0 aliphatic heterocycles. The first-order valence-corrected chi connectivity index (χ1v) is 10.4. The number of hydrogen-bond acceptors (Lipinski definition) is 5. The molecule has 3 aromatic rings. The first-order chi connectivity index (χ1) is 14.9. The summed E-state index contributed by atoms with van der Waals surface area (Å²) in [5.74, 6) is 0.893. The lowest BCUT2D eigenvalue weighted by molar-refractivity contribution is -0.138. The molecule has 0 bridgehead atoms. The molecular weight excluding hydrogens is 403 g/mol. The number of pyridine rings is 1. The molecule has 5 nitrogen and oxygen atoms in total. The molecule has 4 rings (SSSR count). The van der Waals surface area contributed by atoms with Crippen molar-refractivity contribution in [2.75, 3.05) is 10.6 Å². The lowest BCUT2D eigenvalue weighted by Gasteiger charge is -2.23. The van der Waals surface area contributed by atoms with Gasteiger partial charge in [-0.1, -0.05) is 25.3 Å². The fourth-order valence-electron chi connectivity index (χ4n) is 3.83. The van der Waals surface area contributed by atoms with Gasteiger partial charge in [0.25, 0.3) is 0 Å². The maximum absolute atomic E-state index is 13.3. The van der Waals surface area contributed by atoms with Crippen LogP contribution in [0, 0.1) is 6.92 Å². The molecule has 2 aromatic heterocycles. The number of alkyl halides is 3. The van der Waals surface area contributed by atoms with Crippen LogP contribution >= 0.6 is 0 Å². The summed E-state index contributed by atoms with van der Waals surface area (Å²) >= 11 is 0. The molecule has 162 valence electrons. The number of benzene rings is 1. The normalized spacial score (nSPS) is 15.0. The van der Waals surface area contributed by atoms with Gasteiger partial charge in [0.05, 0.1) is 11.3 Å². The summed E-state index contributed by atoms with van der Waals surface area (Å²) in [4.78, 5) is 13.2. The molecule has 0 unspecified atom stereocenters. The molecule has 2 N–H and O–H groups in total. The van der Waals surface area contributed by atoms with E-state index in [4.69, 9.17) is 0 Å². The molecule has 1 aliphatic rings. The summed E-state index contributed by atoms with van der Waals surface area (Å²) in [6.45, 7) is 1.45. The van der Waals surface area contributed by atoms with E-state index in [1.807, 2.05) is 12.1 Å². The van der Waals surface area contributed by atoms with E-state index < -0.39 is 11.7 Å². The number of aromatic nitrogens is 3. The van der Waals surface area contributed by atoms with Gasteiger partial charge in [0, 0.05) is 35.8 Å². The predicted octanol–water partition coefficient (Wildman–Crippen LogP) is 6.35. The Kier molecular flexibility index (Phi) is 6.06. The second-order valence-electron chi connectivity index (χ2n) is 7.83. The van der Waals surface area contributed by atoms with Crippen molar-refractivity contribution in [2.45, 2.75) is 51.2 Å². The van der Waals surface area contributed by atoms with Gasteiger partial charge in [-0.05, 0) is 49.6 Å².